The van der Waals surface area contributed by atoms with E-state index in [1.54, 1.807) is 7.11 Å². The summed E-state index contributed by atoms with van der Waals surface area (Å²) in [5.41, 5.74) is 2.51. The van der Waals surface area contributed by atoms with Crippen molar-refractivity contribution in [2.24, 2.45) is 5.92 Å². The van der Waals surface area contributed by atoms with E-state index in [2.05, 4.69) is 31.3 Å². The van der Waals surface area contributed by atoms with Gasteiger partial charge in [-0.1, -0.05) is 6.92 Å². The fraction of sp³-hybridized carbons (Fsp3) is 0.571. The lowest BCUT2D eigenvalue weighted by molar-refractivity contribution is 0.414. The average molecular weight is 219 g/mol. The summed E-state index contributed by atoms with van der Waals surface area (Å²) in [6, 6.07) is 6.88. The Morgan fingerprint density at radius 2 is 2.19 bits per heavy atom. The number of hydrogen-bond donors (Lipinski definition) is 1. The fourth-order valence-corrected chi connectivity index (χ4v) is 2.18. The van der Waals surface area contributed by atoms with Crippen LogP contribution in [0.5, 0.6) is 5.75 Å². The van der Waals surface area contributed by atoms with Crippen molar-refractivity contribution >= 4 is 5.69 Å². The minimum Gasteiger partial charge on any atom is -0.497 e. The molecule has 1 unspecified atom stereocenters. The van der Waals surface area contributed by atoms with Gasteiger partial charge < -0.3 is 10.1 Å². The predicted molar refractivity (Wildman–Crippen MR) is 68.2 cm³/mol. The van der Waals surface area contributed by atoms with Crippen LogP contribution in [-0.4, -0.2) is 13.2 Å². The first-order chi connectivity index (χ1) is 7.74. The molecule has 2 heteroatoms. The van der Waals surface area contributed by atoms with Gasteiger partial charge in [0, 0.05) is 11.7 Å². The summed E-state index contributed by atoms with van der Waals surface area (Å²) in [6.07, 6.45) is 3.98. The molecule has 0 aromatic heterocycles. The molecule has 1 N–H and O–H groups in total. The topological polar surface area (TPSA) is 21.3 Å². The van der Waals surface area contributed by atoms with Gasteiger partial charge in [-0.2, -0.15) is 0 Å². The molecule has 0 heterocycles. The monoisotopic (exact) mass is 219 g/mol. The van der Waals surface area contributed by atoms with Gasteiger partial charge in [-0.05, 0) is 55.9 Å². The van der Waals surface area contributed by atoms with Gasteiger partial charge in [0.2, 0.25) is 0 Å². The smallest absolute Gasteiger partial charge is 0.119 e. The van der Waals surface area contributed by atoms with Gasteiger partial charge in [-0.3, -0.25) is 0 Å². The largest absolute Gasteiger partial charge is 0.497 e. The number of anilines is 1. The molecule has 1 aromatic carbocycles. The normalized spacial score (nSPS) is 16.9. The summed E-state index contributed by atoms with van der Waals surface area (Å²) in [7, 11) is 1.71. The summed E-state index contributed by atoms with van der Waals surface area (Å²) < 4.78 is 5.21. The number of hydrogen-bond acceptors (Lipinski definition) is 2. The molecule has 0 saturated heterocycles. The van der Waals surface area contributed by atoms with E-state index in [4.69, 9.17) is 4.74 Å². The Labute approximate surface area is 98.0 Å². The van der Waals surface area contributed by atoms with E-state index in [9.17, 15) is 0 Å². The highest BCUT2D eigenvalue weighted by atomic mass is 16.5. The van der Waals surface area contributed by atoms with E-state index in [1.165, 1.54) is 30.5 Å². The van der Waals surface area contributed by atoms with Crippen LogP contribution in [-0.2, 0) is 0 Å². The SMILES string of the molecule is CCC(Nc1ccc(OC)cc1C)C1CC1. The Kier molecular flexibility index (Phi) is 3.37. The highest BCUT2D eigenvalue weighted by Crippen LogP contribution is 2.36. The number of methoxy groups -OCH3 is 1. The summed E-state index contributed by atoms with van der Waals surface area (Å²) >= 11 is 0. The average Bonchev–Trinajstić information content (AvgIpc) is 3.11. The highest BCUT2D eigenvalue weighted by Gasteiger charge is 2.29. The molecule has 1 saturated carbocycles. The van der Waals surface area contributed by atoms with Crippen molar-refractivity contribution in [2.45, 2.75) is 39.2 Å². The zero-order chi connectivity index (χ0) is 11.5. The maximum Gasteiger partial charge on any atom is 0.119 e. The maximum absolute atomic E-state index is 5.21. The molecule has 1 fully saturated rings. The Morgan fingerprint density at radius 3 is 2.69 bits per heavy atom. The van der Waals surface area contributed by atoms with Crippen LogP contribution in [0, 0.1) is 12.8 Å². The first kappa shape index (κ1) is 11.3. The molecule has 2 nitrogen and oxygen atoms in total. The maximum atomic E-state index is 5.21. The molecule has 0 spiro atoms. The molecule has 16 heavy (non-hydrogen) atoms. The molecule has 1 aromatic rings. The predicted octanol–water partition coefficient (Wildman–Crippen LogP) is 3.60. The Bertz CT molecular complexity index is 358. The van der Waals surface area contributed by atoms with Gasteiger partial charge >= 0.3 is 0 Å². The lowest BCUT2D eigenvalue weighted by Crippen LogP contribution is -2.21. The minimum atomic E-state index is 0.645. The molecule has 1 aliphatic carbocycles. The van der Waals surface area contributed by atoms with E-state index in [0.717, 1.165) is 11.7 Å². The van der Waals surface area contributed by atoms with E-state index < -0.39 is 0 Å². The van der Waals surface area contributed by atoms with Crippen LogP contribution < -0.4 is 10.1 Å². The van der Waals surface area contributed by atoms with Crippen molar-refractivity contribution in [2.75, 3.05) is 12.4 Å². The van der Waals surface area contributed by atoms with Crippen LogP contribution in [0.3, 0.4) is 0 Å². The lowest BCUT2D eigenvalue weighted by Gasteiger charge is -2.19. The third-order valence-electron chi connectivity index (χ3n) is 3.41. The molecular weight excluding hydrogens is 198 g/mol. The Balaban J connectivity index is 2.07. The number of rotatable bonds is 5. The molecular formula is C14H21NO. The van der Waals surface area contributed by atoms with Crippen molar-refractivity contribution in [1.82, 2.24) is 0 Å². The molecule has 0 aliphatic heterocycles. The lowest BCUT2D eigenvalue weighted by atomic mass is 10.1. The third-order valence-corrected chi connectivity index (χ3v) is 3.41. The third kappa shape index (κ3) is 2.49. The molecule has 88 valence electrons. The Hall–Kier alpha value is -1.18. The van der Waals surface area contributed by atoms with Crippen molar-refractivity contribution in [3.8, 4) is 5.75 Å². The highest BCUT2D eigenvalue weighted by molar-refractivity contribution is 5.54. The number of aryl methyl sites for hydroxylation is 1. The van der Waals surface area contributed by atoms with Gasteiger partial charge in [-0.25, -0.2) is 0 Å². The van der Waals surface area contributed by atoms with Gasteiger partial charge in [0.15, 0.2) is 0 Å². The molecule has 1 atom stereocenters. The van der Waals surface area contributed by atoms with Crippen LogP contribution in [0.25, 0.3) is 0 Å². The second-order valence-corrected chi connectivity index (χ2v) is 4.68. The fourth-order valence-electron chi connectivity index (χ4n) is 2.18. The van der Waals surface area contributed by atoms with Crippen molar-refractivity contribution in [1.29, 1.82) is 0 Å². The molecule has 0 amide bonds. The van der Waals surface area contributed by atoms with Crippen LogP contribution in [0.4, 0.5) is 5.69 Å². The van der Waals surface area contributed by atoms with Crippen LogP contribution in [0.15, 0.2) is 18.2 Å². The van der Waals surface area contributed by atoms with Gasteiger partial charge in [0.25, 0.3) is 0 Å². The van der Waals surface area contributed by atoms with E-state index in [1.807, 2.05) is 6.07 Å². The van der Waals surface area contributed by atoms with Gasteiger partial charge in [0.1, 0.15) is 5.75 Å². The van der Waals surface area contributed by atoms with Crippen molar-refractivity contribution in [3.05, 3.63) is 23.8 Å². The van der Waals surface area contributed by atoms with Crippen LogP contribution in [0.1, 0.15) is 31.7 Å². The summed E-state index contributed by atoms with van der Waals surface area (Å²) in [5, 5.41) is 3.65. The van der Waals surface area contributed by atoms with Crippen molar-refractivity contribution in [3.63, 3.8) is 0 Å². The van der Waals surface area contributed by atoms with Gasteiger partial charge in [0.05, 0.1) is 7.11 Å². The van der Waals surface area contributed by atoms with Gasteiger partial charge in [-0.15, -0.1) is 0 Å². The number of benzene rings is 1. The molecule has 2 rings (SSSR count). The first-order valence-electron chi connectivity index (χ1n) is 6.15. The number of nitrogens with one attached hydrogen (secondary N) is 1. The Morgan fingerprint density at radius 1 is 1.44 bits per heavy atom. The second-order valence-electron chi connectivity index (χ2n) is 4.68. The standard InChI is InChI=1S/C14H21NO/c1-4-13(11-5-6-11)15-14-8-7-12(16-3)9-10(14)2/h7-9,11,13,15H,4-6H2,1-3H3. The summed E-state index contributed by atoms with van der Waals surface area (Å²) in [4.78, 5) is 0. The quantitative estimate of drug-likeness (QED) is 0.817. The van der Waals surface area contributed by atoms with Crippen molar-refractivity contribution < 1.29 is 4.74 Å². The van der Waals surface area contributed by atoms with E-state index >= 15 is 0 Å². The second kappa shape index (κ2) is 4.77. The molecule has 0 radical (unpaired) electrons. The van der Waals surface area contributed by atoms with E-state index in [0.29, 0.717) is 6.04 Å². The molecule has 1 aliphatic rings. The number of ether oxygens (including phenoxy) is 1. The van der Waals surface area contributed by atoms with Crippen LogP contribution >= 0.6 is 0 Å². The van der Waals surface area contributed by atoms with Crippen LogP contribution in [0.2, 0.25) is 0 Å². The zero-order valence-corrected chi connectivity index (χ0v) is 10.4. The summed E-state index contributed by atoms with van der Waals surface area (Å²) in [5.74, 6) is 1.83. The minimum absolute atomic E-state index is 0.645. The zero-order valence-electron chi connectivity index (χ0n) is 10.4. The van der Waals surface area contributed by atoms with E-state index in [-0.39, 0.29) is 0 Å². The summed E-state index contributed by atoms with van der Waals surface area (Å²) in [6.45, 7) is 4.39. The first-order valence-corrected chi connectivity index (χ1v) is 6.15. The molecule has 0 bridgehead atoms.